The topological polar surface area (TPSA) is 109 Å². The van der Waals surface area contributed by atoms with E-state index in [4.69, 9.17) is 4.74 Å². The molecule has 1 aliphatic heterocycles. The van der Waals surface area contributed by atoms with Crippen molar-refractivity contribution < 1.29 is 17.9 Å². The molecule has 1 amide bonds. The van der Waals surface area contributed by atoms with Gasteiger partial charge in [0.2, 0.25) is 15.6 Å². The van der Waals surface area contributed by atoms with Gasteiger partial charge in [0.15, 0.2) is 0 Å². The molecule has 0 radical (unpaired) electrons. The van der Waals surface area contributed by atoms with Gasteiger partial charge in [-0.1, -0.05) is 18.2 Å². The third-order valence-electron chi connectivity index (χ3n) is 4.05. The molecule has 3 rings (SSSR count). The molecule has 0 saturated carbocycles. The number of amides is 1. The lowest BCUT2D eigenvalue weighted by atomic mass is 10.2. The zero-order valence-corrected chi connectivity index (χ0v) is 14.8. The maximum Gasteiger partial charge on any atom is 0.253 e. The predicted octanol–water partition coefficient (Wildman–Crippen LogP) is 0.326. The van der Waals surface area contributed by atoms with Crippen LogP contribution in [-0.2, 0) is 21.3 Å². The lowest BCUT2D eigenvalue weighted by Crippen LogP contribution is -2.41. The van der Waals surface area contributed by atoms with Gasteiger partial charge in [0, 0.05) is 31.9 Å². The van der Waals surface area contributed by atoms with Crippen molar-refractivity contribution in [3.8, 4) is 0 Å². The maximum absolute atomic E-state index is 12.9. The number of morpholine rings is 1. The molecule has 0 spiro atoms. The number of H-pyrrole nitrogens is 1. The number of pyridine rings is 1. The summed E-state index contributed by atoms with van der Waals surface area (Å²) in [6, 6.07) is 9.24. The molecule has 1 aromatic carbocycles. The minimum absolute atomic E-state index is 0.0533. The summed E-state index contributed by atoms with van der Waals surface area (Å²) in [6.45, 7) is 1.40. The fourth-order valence-corrected chi connectivity index (χ4v) is 4.29. The highest BCUT2D eigenvalue weighted by molar-refractivity contribution is 7.89. The van der Waals surface area contributed by atoms with Crippen LogP contribution in [0.3, 0.4) is 0 Å². The number of nitrogens with zero attached hydrogens (tertiary/aromatic N) is 1. The van der Waals surface area contributed by atoms with Crippen molar-refractivity contribution in [3.63, 3.8) is 0 Å². The number of carbonyl (C=O) groups is 1. The number of ether oxygens (including phenoxy) is 1. The number of rotatable bonds is 5. The van der Waals surface area contributed by atoms with Crippen LogP contribution >= 0.6 is 0 Å². The van der Waals surface area contributed by atoms with E-state index in [-0.39, 0.29) is 22.6 Å². The summed E-state index contributed by atoms with van der Waals surface area (Å²) < 4.78 is 32.4. The summed E-state index contributed by atoms with van der Waals surface area (Å²) in [5.74, 6) is -0.403. The van der Waals surface area contributed by atoms with Crippen molar-refractivity contribution in [1.82, 2.24) is 14.6 Å². The zero-order chi connectivity index (χ0) is 18.6. The first-order valence-electron chi connectivity index (χ1n) is 8.11. The molecule has 1 saturated heterocycles. The molecular formula is C17H19N3O5S. The van der Waals surface area contributed by atoms with E-state index in [9.17, 15) is 18.0 Å². The minimum Gasteiger partial charge on any atom is -0.379 e. The zero-order valence-electron chi connectivity index (χ0n) is 14.0. The number of hydrogen-bond acceptors (Lipinski definition) is 5. The fraction of sp³-hybridized carbons (Fsp3) is 0.294. The third kappa shape index (κ3) is 4.01. The van der Waals surface area contributed by atoms with Gasteiger partial charge in [0.1, 0.15) is 0 Å². The van der Waals surface area contributed by atoms with Crippen LogP contribution in [0, 0.1) is 0 Å². The van der Waals surface area contributed by atoms with Crippen LogP contribution in [0.2, 0.25) is 0 Å². The highest BCUT2D eigenvalue weighted by Gasteiger charge is 2.28. The summed E-state index contributed by atoms with van der Waals surface area (Å²) in [5, 5.41) is 2.68. The van der Waals surface area contributed by atoms with E-state index in [1.54, 1.807) is 18.2 Å². The van der Waals surface area contributed by atoms with Crippen molar-refractivity contribution in [2.24, 2.45) is 0 Å². The molecule has 1 fully saturated rings. The van der Waals surface area contributed by atoms with Crippen LogP contribution in [0.1, 0.15) is 15.9 Å². The second-order valence-electron chi connectivity index (χ2n) is 5.75. The van der Waals surface area contributed by atoms with Gasteiger partial charge in [-0.2, -0.15) is 4.31 Å². The number of sulfonamides is 1. The van der Waals surface area contributed by atoms with Crippen molar-refractivity contribution in [3.05, 3.63) is 64.1 Å². The minimum atomic E-state index is -3.66. The molecule has 2 heterocycles. The average molecular weight is 377 g/mol. The van der Waals surface area contributed by atoms with Gasteiger partial charge in [-0.3, -0.25) is 9.59 Å². The Kier molecular flexibility index (Phi) is 5.50. The number of hydrogen-bond donors (Lipinski definition) is 2. The standard InChI is InChI=1S/C17H19N3O5S/c21-16-6-5-14(12-18-16)17(22)19-11-13-3-1-2-4-15(13)26(23,24)20-7-9-25-10-8-20/h1-6,12H,7-11H2,(H,18,21)(H,19,22). The Morgan fingerprint density at radius 1 is 1.15 bits per heavy atom. The summed E-state index contributed by atoms with van der Waals surface area (Å²) in [7, 11) is -3.66. The predicted molar refractivity (Wildman–Crippen MR) is 94.3 cm³/mol. The van der Waals surface area contributed by atoms with Gasteiger partial charge in [-0.15, -0.1) is 0 Å². The van der Waals surface area contributed by atoms with E-state index in [0.29, 0.717) is 31.9 Å². The summed E-state index contributed by atoms with van der Waals surface area (Å²) >= 11 is 0. The molecule has 138 valence electrons. The number of aromatic nitrogens is 1. The summed E-state index contributed by atoms with van der Waals surface area (Å²) in [5.41, 5.74) is 0.485. The average Bonchev–Trinajstić information content (AvgIpc) is 2.67. The largest absolute Gasteiger partial charge is 0.379 e. The summed E-state index contributed by atoms with van der Waals surface area (Å²) in [4.78, 5) is 25.8. The Labute approximate surface area is 150 Å². The Bertz CT molecular complexity index is 928. The SMILES string of the molecule is O=C(NCc1ccccc1S(=O)(=O)N1CCOCC1)c1ccc(=O)[nH]c1. The van der Waals surface area contributed by atoms with E-state index < -0.39 is 15.9 Å². The molecule has 2 N–H and O–H groups in total. The first kappa shape index (κ1) is 18.3. The quantitative estimate of drug-likeness (QED) is 0.780. The summed E-state index contributed by atoms with van der Waals surface area (Å²) in [6.07, 6.45) is 1.31. The van der Waals surface area contributed by atoms with Crippen LogP contribution < -0.4 is 10.9 Å². The number of nitrogens with one attached hydrogen (secondary N) is 2. The monoisotopic (exact) mass is 377 g/mol. The Morgan fingerprint density at radius 3 is 2.58 bits per heavy atom. The van der Waals surface area contributed by atoms with E-state index in [1.807, 2.05) is 0 Å². The highest BCUT2D eigenvalue weighted by Crippen LogP contribution is 2.21. The van der Waals surface area contributed by atoms with Crippen molar-refractivity contribution in [2.45, 2.75) is 11.4 Å². The maximum atomic E-state index is 12.9. The normalized spacial score (nSPS) is 15.5. The van der Waals surface area contributed by atoms with Gasteiger partial charge in [0.05, 0.1) is 23.7 Å². The van der Waals surface area contributed by atoms with Crippen LogP contribution in [-0.4, -0.2) is 49.9 Å². The van der Waals surface area contributed by atoms with Crippen LogP contribution in [0.25, 0.3) is 0 Å². The van der Waals surface area contributed by atoms with Crippen LogP contribution in [0.5, 0.6) is 0 Å². The van der Waals surface area contributed by atoms with Crippen LogP contribution in [0.4, 0.5) is 0 Å². The highest BCUT2D eigenvalue weighted by atomic mass is 32.2. The van der Waals surface area contributed by atoms with E-state index in [1.165, 1.54) is 28.7 Å². The molecule has 9 heteroatoms. The van der Waals surface area contributed by atoms with Gasteiger partial charge < -0.3 is 15.0 Å². The molecule has 2 aromatic rings. The Balaban J connectivity index is 1.78. The van der Waals surface area contributed by atoms with E-state index in [2.05, 4.69) is 10.3 Å². The first-order valence-corrected chi connectivity index (χ1v) is 9.55. The molecule has 0 bridgehead atoms. The molecule has 0 aliphatic carbocycles. The molecular weight excluding hydrogens is 358 g/mol. The third-order valence-corrected chi connectivity index (χ3v) is 6.05. The van der Waals surface area contributed by atoms with Crippen molar-refractivity contribution in [2.75, 3.05) is 26.3 Å². The smallest absolute Gasteiger partial charge is 0.253 e. The van der Waals surface area contributed by atoms with Gasteiger partial charge in [-0.25, -0.2) is 8.42 Å². The Morgan fingerprint density at radius 2 is 1.88 bits per heavy atom. The lowest BCUT2D eigenvalue weighted by molar-refractivity contribution is 0.0730. The van der Waals surface area contributed by atoms with E-state index >= 15 is 0 Å². The number of carbonyl (C=O) groups excluding carboxylic acids is 1. The molecule has 0 atom stereocenters. The molecule has 1 aromatic heterocycles. The van der Waals surface area contributed by atoms with E-state index in [0.717, 1.165) is 0 Å². The first-order chi connectivity index (χ1) is 12.5. The fourth-order valence-electron chi connectivity index (χ4n) is 2.66. The van der Waals surface area contributed by atoms with Crippen molar-refractivity contribution in [1.29, 1.82) is 0 Å². The van der Waals surface area contributed by atoms with Gasteiger partial charge >= 0.3 is 0 Å². The number of benzene rings is 1. The Hall–Kier alpha value is -2.49. The molecule has 0 unspecified atom stereocenters. The second-order valence-corrected chi connectivity index (χ2v) is 7.65. The van der Waals surface area contributed by atoms with Crippen molar-refractivity contribution >= 4 is 15.9 Å². The van der Waals surface area contributed by atoms with Crippen LogP contribution in [0.15, 0.2) is 52.3 Å². The van der Waals surface area contributed by atoms with Gasteiger partial charge in [0.25, 0.3) is 5.91 Å². The molecule has 1 aliphatic rings. The lowest BCUT2D eigenvalue weighted by Gasteiger charge is -2.27. The molecule has 26 heavy (non-hydrogen) atoms. The van der Waals surface area contributed by atoms with Gasteiger partial charge in [-0.05, 0) is 17.7 Å². The number of aromatic amines is 1. The molecule has 8 nitrogen and oxygen atoms in total. The second kappa shape index (κ2) is 7.81.